The maximum absolute atomic E-state index is 9.78. The summed E-state index contributed by atoms with van der Waals surface area (Å²) in [4.78, 5) is 29.3. The van der Waals surface area contributed by atoms with Gasteiger partial charge in [0.05, 0.1) is 0 Å². The standard InChI is InChI=1S/3C5H11O3P.Nd/c3*1-2-3-4-5-8-9(6)7;/h3*2-5H2,1H3;/q;;;+3. The van der Waals surface area contributed by atoms with Crippen molar-refractivity contribution in [2.75, 3.05) is 19.8 Å². The van der Waals surface area contributed by atoms with Crippen molar-refractivity contribution in [2.24, 2.45) is 0 Å². The first-order valence-corrected chi connectivity index (χ1v) is 12.4. The van der Waals surface area contributed by atoms with Crippen LogP contribution in [-0.2, 0) is 27.3 Å². The second-order valence-electron chi connectivity index (χ2n) is 5.29. The third-order valence-corrected chi connectivity index (χ3v) is 4.01. The third kappa shape index (κ3) is 50.7. The van der Waals surface area contributed by atoms with Gasteiger partial charge in [-0.1, -0.05) is 59.3 Å². The molecule has 0 aromatic carbocycles. The van der Waals surface area contributed by atoms with Gasteiger partial charge in [-0.05, 0) is 33.0 Å². The summed E-state index contributed by atoms with van der Waals surface area (Å²) in [5.41, 5.74) is 0. The molecule has 0 aliphatic heterocycles. The van der Waals surface area contributed by atoms with E-state index in [1.165, 1.54) is 0 Å². The monoisotopic (exact) mass is 592 g/mol. The summed E-state index contributed by atoms with van der Waals surface area (Å²) >= 11 is 0. The normalized spacial score (nSPS) is 11.1. The van der Waals surface area contributed by atoms with Crippen molar-refractivity contribution in [2.45, 2.75) is 78.6 Å². The Kier molecular flexibility index (Phi) is 43.4. The fourth-order valence-corrected chi connectivity index (χ4v) is 2.31. The molecular weight excluding hydrogens is 561 g/mol. The zero-order chi connectivity index (χ0) is 21.3. The molecule has 9 nitrogen and oxygen atoms in total. The van der Waals surface area contributed by atoms with Crippen molar-refractivity contribution in [1.82, 2.24) is 0 Å². The minimum atomic E-state index is -2.62. The van der Waals surface area contributed by atoms with Gasteiger partial charge in [0.1, 0.15) is 19.8 Å². The molecule has 0 N–H and O–H groups in total. The summed E-state index contributed by atoms with van der Waals surface area (Å²) in [5.74, 6) is 0. The van der Waals surface area contributed by atoms with Gasteiger partial charge < -0.3 is 14.7 Å². The van der Waals surface area contributed by atoms with E-state index in [0.29, 0.717) is 19.8 Å². The molecule has 0 aliphatic rings. The SMILES string of the molecule is CCCCCO[P+](=O)[O-].CCCCCO[P+](=O)[O-].CCCCCO[P+](=O)[O-].[Nd+3]. The van der Waals surface area contributed by atoms with Gasteiger partial charge in [0.2, 0.25) is 0 Å². The molecule has 0 aliphatic carbocycles. The van der Waals surface area contributed by atoms with Crippen LogP contribution in [-0.4, -0.2) is 19.8 Å². The minimum absolute atomic E-state index is 0. The van der Waals surface area contributed by atoms with E-state index in [2.05, 4.69) is 34.3 Å². The molecule has 163 valence electrons. The van der Waals surface area contributed by atoms with E-state index in [4.69, 9.17) is 0 Å². The van der Waals surface area contributed by atoms with Gasteiger partial charge >= 0.3 is 65.6 Å². The number of unbranched alkanes of at least 4 members (excludes halogenated alkanes) is 6. The molecule has 3 atom stereocenters. The third-order valence-electron chi connectivity index (χ3n) is 2.83. The van der Waals surface area contributed by atoms with Crippen molar-refractivity contribution >= 4 is 24.8 Å². The fraction of sp³-hybridized carbons (Fsp3) is 1.00. The first-order valence-electron chi connectivity index (χ1n) is 9.13. The van der Waals surface area contributed by atoms with Crippen LogP contribution >= 0.6 is 24.8 Å². The zero-order valence-corrected chi connectivity index (χ0v) is 22.9. The van der Waals surface area contributed by atoms with Crippen LogP contribution in [0.4, 0.5) is 0 Å². The molecule has 0 bridgehead atoms. The van der Waals surface area contributed by atoms with E-state index in [9.17, 15) is 28.4 Å². The van der Waals surface area contributed by atoms with Crippen LogP contribution in [0.2, 0.25) is 0 Å². The van der Waals surface area contributed by atoms with Crippen molar-refractivity contribution < 1.29 is 82.8 Å². The summed E-state index contributed by atoms with van der Waals surface area (Å²) in [6.45, 7) is 7.18. The molecule has 0 fully saturated rings. The van der Waals surface area contributed by atoms with Crippen molar-refractivity contribution in [3.63, 3.8) is 0 Å². The smallest absolute Gasteiger partial charge is 0.566 e. The van der Waals surface area contributed by atoms with Gasteiger partial charge in [-0.2, -0.15) is 0 Å². The fourth-order valence-electron chi connectivity index (χ4n) is 1.47. The largest absolute Gasteiger partial charge is 3.00 e. The van der Waals surface area contributed by atoms with Crippen LogP contribution in [0.5, 0.6) is 0 Å². The first-order chi connectivity index (χ1) is 12.8. The molecule has 0 saturated heterocycles. The van der Waals surface area contributed by atoms with Crippen LogP contribution in [0.1, 0.15) is 78.6 Å². The summed E-state index contributed by atoms with van der Waals surface area (Å²) in [5, 5.41) is 0. The van der Waals surface area contributed by atoms with Gasteiger partial charge in [-0.25, -0.2) is 0 Å². The molecule has 0 heterocycles. The van der Waals surface area contributed by atoms with E-state index in [1.807, 2.05) is 0 Å². The number of rotatable bonds is 15. The van der Waals surface area contributed by atoms with Gasteiger partial charge in [0.25, 0.3) is 0 Å². The quantitative estimate of drug-likeness (QED) is 0.205. The number of hydrogen-bond donors (Lipinski definition) is 0. The molecule has 1 radical (unpaired) electrons. The maximum atomic E-state index is 9.78. The molecule has 0 saturated carbocycles. The van der Waals surface area contributed by atoms with Crippen LogP contribution in [0, 0.1) is 40.8 Å². The average Bonchev–Trinajstić information content (AvgIpc) is 2.60. The summed E-state index contributed by atoms with van der Waals surface area (Å²) in [6.07, 6.45) is 8.84. The van der Waals surface area contributed by atoms with E-state index < -0.39 is 24.8 Å². The summed E-state index contributed by atoms with van der Waals surface area (Å²) < 4.78 is 42.2. The number of hydrogen-bond acceptors (Lipinski definition) is 9. The Hall–Kier alpha value is 1.41. The van der Waals surface area contributed by atoms with E-state index >= 15 is 0 Å². The maximum Gasteiger partial charge on any atom is 3.00 e. The summed E-state index contributed by atoms with van der Waals surface area (Å²) in [7, 11) is -7.85. The van der Waals surface area contributed by atoms with Gasteiger partial charge in [-0.15, -0.1) is 13.6 Å². The molecule has 0 rings (SSSR count). The van der Waals surface area contributed by atoms with Crippen LogP contribution < -0.4 is 14.7 Å². The van der Waals surface area contributed by atoms with Gasteiger partial charge in [0, 0.05) is 0 Å². The zero-order valence-electron chi connectivity index (χ0n) is 17.0. The Morgan fingerprint density at radius 1 is 0.536 bits per heavy atom. The minimum Gasteiger partial charge on any atom is -0.566 e. The predicted molar refractivity (Wildman–Crippen MR) is 99.3 cm³/mol. The topological polar surface area (TPSA) is 148 Å². The second kappa shape index (κ2) is 33.1. The van der Waals surface area contributed by atoms with E-state index in [-0.39, 0.29) is 40.8 Å². The Morgan fingerprint density at radius 2 is 0.750 bits per heavy atom. The van der Waals surface area contributed by atoms with Gasteiger partial charge in [0.15, 0.2) is 0 Å². The molecule has 13 heteroatoms. The van der Waals surface area contributed by atoms with Crippen molar-refractivity contribution in [3.8, 4) is 0 Å². The van der Waals surface area contributed by atoms with Crippen molar-refractivity contribution in [3.05, 3.63) is 0 Å². The Bertz CT molecular complexity index is 311. The van der Waals surface area contributed by atoms with Crippen LogP contribution in [0.15, 0.2) is 0 Å². The molecule has 0 aromatic rings. The Balaban J connectivity index is -0.000000152. The Morgan fingerprint density at radius 3 is 0.893 bits per heavy atom. The van der Waals surface area contributed by atoms with E-state index in [0.717, 1.165) is 57.8 Å². The molecule has 28 heavy (non-hydrogen) atoms. The van der Waals surface area contributed by atoms with Crippen molar-refractivity contribution in [1.29, 1.82) is 0 Å². The van der Waals surface area contributed by atoms with Gasteiger partial charge in [-0.3, -0.25) is 0 Å². The van der Waals surface area contributed by atoms with E-state index in [1.54, 1.807) is 0 Å². The molecule has 0 spiro atoms. The average molecular weight is 595 g/mol. The predicted octanol–water partition coefficient (Wildman–Crippen LogP) is 3.63. The molecule has 3 unspecified atom stereocenters. The first kappa shape index (κ1) is 36.8. The van der Waals surface area contributed by atoms with Crippen LogP contribution in [0.3, 0.4) is 0 Å². The Labute approximate surface area is 204 Å². The molecular formula is C15H33NdO9P3+3. The molecule has 0 aromatic heterocycles. The second-order valence-corrected chi connectivity index (χ2v) is 7.41. The summed E-state index contributed by atoms with van der Waals surface area (Å²) in [6, 6.07) is 0. The van der Waals surface area contributed by atoms with Crippen LogP contribution in [0.25, 0.3) is 0 Å². The molecule has 0 amide bonds.